The molecule has 2 rings (SSSR count). The normalized spacial score (nSPS) is 16.1. The first-order valence-corrected chi connectivity index (χ1v) is 7.33. The van der Waals surface area contributed by atoms with Crippen LogP contribution in [0.5, 0.6) is 0 Å². The Balaban J connectivity index is 1.92. The van der Waals surface area contributed by atoms with Gasteiger partial charge in [-0.2, -0.15) is 0 Å². The SMILES string of the molecule is CCOC(=O)CN1CCCN(c2ccc([N+](=O)[O-])cn2)CC1. The average molecular weight is 308 g/mol. The van der Waals surface area contributed by atoms with E-state index in [-0.39, 0.29) is 11.7 Å². The van der Waals surface area contributed by atoms with E-state index in [1.54, 1.807) is 13.0 Å². The molecule has 0 spiro atoms. The Kier molecular flexibility index (Phi) is 5.65. The van der Waals surface area contributed by atoms with Crippen LogP contribution < -0.4 is 4.90 Å². The Morgan fingerprint density at radius 1 is 1.36 bits per heavy atom. The lowest BCUT2D eigenvalue weighted by atomic mass is 10.3. The average Bonchev–Trinajstić information content (AvgIpc) is 2.73. The largest absolute Gasteiger partial charge is 0.465 e. The molecule has 0 aromatic carbocycles. The third kappa shape index (κ3) is 4.39. The molecule has 1 aromatic heterocycles. The second-order valence-electron chi connectivity index (χ2n) is 5.05. The Hall–Kier alpha value is -2.22. The molecule has 8 heteroatoms. The maximum atomic E-state index is 11.5. The molecule has 0 amide bonds. The van der Waals surface area contributed by atoms with Gasteiger partial charge in [-0.05, 0) is 19.4 Å². The summed E-state index contributed by atoms with van der Waals surface area (Å²) in [5.41, 5.74) is -0.0116. The van der Waals surface area contributed by atoms with Crippen LogP contribution in [0.3, 0.4) is 0 Å². The molecule has 0 bridgehead atoms. The smallest absolute Gasteiger partial charge is 0.320 e. The molecule has 0 radical (unpaired) electrons. The number of esters is 1. The molecule has 0 unspecified atom stereocenters. The summed E-state index contributed by atoms with van der Waals surface area (Å²) < 4.78 is 4.96. The maximum Gasteiger partial charge on any atom is 0.320 e. The first kappa shape index (κ1) is 16.2. The maximum absolute atomic E-state index is 11.5. The minimum atomic E-state index is -0.458. The molecule has 120 valence electrons. The topological polar surface area (TPSA) is 88.8 Å². The van der Waals surface area contributed by atoms with Crippen molar-refractivity contribution in [3.63, 3.8) is 0 Å². The van der Waals surface area contributed by atoms with E-state index in [1.165, 1.54) is 12.3 Å². The fourth-order valence-electron chi connectivity index (χ4n) is 2.42. The Bertz CT molecular complexity index is 520. The third-order valence-corrected chi connectivity index (χ3v) is 3.51. The molecular weight excluding hydrogens is 288 g/mol. The van der Waals surface area contributed by atoms with E-state index in [0.29, 0.717) is 13.2 Å². The number of carbonyl (C=O) groups excluding carboxylic acids is 1. The number of pyridine rings is 1. The van der Waals surface area contributed by atoms with E-state index in [0.717, 1.165) is 38.4 Å². The van der Waals surface area contributed by atoms with Crippen LogP contribution >= 0.6 is 0 Å². The minimum Gasteiger partial charge on any atom is -0.465 e. The molecule has 1 aliphatic rings. The molecule has 8 nitrogen and oxygen atoms in total. The Labute approximate surface area is 128 Å². The van der Waals surface area contributed by atoms with Crippen LogP contribution in [-0.4, -0.2) is 60.1 Å². The lowest BCUT2D eigenvalue weighted by molar-refractivity contribution is -0.385. The second kappa shape index (κ2) is 7.69. The number of nitro groups is 1. The molecule has 2 heterocycles. The van der Waals surface area contributed by atoms with Crippen LogP contribution in [0.1, 0.15) is 13.3 Å². The molecular formula is C14H20N4O4. The van der Waals surface area contributed by atoms with Gasteiger partial charge >= 0.3 is 5.97 Å². The monoisotopic (exact) mass is 308 g/mol. The molecule has 0 saturated carbocycles. The number of hydrogen-bond donors (Lipinski definition) is 0. The van der Waals surface area contributed by atoms with Gasteiger partial charge < -0.3 is 9.64 Å². The molecule has 1 saturated heterocycles. The fraction of sp³-hybridized carbons (Fsp3) is 0.571. The predicted octanol–water partition coefficient (Wildman–Crippen LogP) is 1.06. The molecule has 0 atom stereocenters. The lowest BCUT2D eigenvalue weighted by Crippen LogP contribution is -2.35. The standard InChI is InChI=1S/C14H20N4O4/c1-2-22-14(19)11-16-6-3-7-17(9-8-16)13-5-4-12(10-15-13)18(20)21/h4-5,10H,2-3,6-9,11H2,1H3. The summed E-state index contributed by atoms with van der Waals surface area (Å²) in [4.78, 5) is 30.0. The van der Waals surface area contributed by atoms with Crippen molar-refractivity contribution in [2.75, 3.05) is 44.2 Å². The highest BCUT2D eigenvalue weighted by atomic mass is 16.6. The van der Waals surface area contributed by atoms with Crippen LogP contribution in [0.4, 0.5) is 11.5 Å². The van der Waals surface area contributed by atoms with Gasteiger partial charge in [-0.15, -0.1) is 0 Å². The number of anilines is 1. The van der Waals surface area contributed by atoms with Crippen LogP contribution in [0.2, 0.25) is 0 Å². The number of hydrogen-bond acceptors (Lipinski definition) is 7. The van der Waals surface area contributed by atoms with Gasteiger partial charge in [-0.3, -0.25) is 19.8 Å². The minimum absolute atomic E-state index is 0.0116. The quantitative estimate of drug-likeness (QED) is 0.456. The Morgan fingerprint density at radius 2 is 2.18 bits per heavy atom. The number of aromatic nitrogens is 1. The summed E-state index contributed by atoms with van der Waals surface area (Å²) in [6.45, 7) is 5.58. The van der Waals surface area contributed by atoms with Crippen molar-refractivity contribution in [2.45, 2.75) is 13.3 Å². The summed E-state index contributed by atoms with van der Waals surface area (Å²) >= 11 is 0. The van der Waals surface area contributed by atoms with Gasteiger partial charge in [-0.25, -0.2) is 4.98 Å². The summed E-state index contributed by atoms with van der Waals surface area (Å²) in [5, 5.41) is 10.6. The first-order valence-electron chi connectivity index (χ1n) is 7.33. The van der Waals surface area contributed by atoms with Gasteiger partial charge in [0, 0.05) is 32.2 Å². The highest BCUT2D eigenvalue weighted by Gasteiger charge is 2.19. The molecule has 0 aliphatic carbocycles. The summed E-state index contributed by atoms with van der Waals surface area (Å²) in [5.74, 6) is 0.521. The van der Waals surface area contributed by atoms with Crippen LogP contribution in [-0.2, 0) is 9.53 Å². The zero-order valence-electron chi connectivity index (χ0n) is 12.6. The van der Waals surface area contributed by atoms with E-state index >= 15 is 0 Å². The van der Waals surface area contributed by atoms with Gasteiger partial charge in [-0.1, -0.05) is 0 Å². The van der Waals surface area contributed by atoms with Crippen LogP contribution in [0.25, 0.3) is 0 Å². The van der Waals surface area contributed by atoms with Gasteiger partial charge in [0.05, 0.1) is 18.1 Å². The van der Waals surface area contributed by atoms with Crippen molar-refractivity contribution in [3.8, 4) is 0 Å². The predicted molar refractivity (Wildman–Crippen MR) is 80.8 cm³/mol. The fourth-order valence-corrected chi connectivity index (χ4v) is 2.42. The lowest BCUT2D eigenvalue weighted by Gasteiger charge is -2.22. The van der Waals surface area contributed by atoms with E-state index in [1.807, 2.05) is 0 Å². The summed E-state index contributed by atoms with van der Waals surface area (Å²) in [6, 6.07) is 3.13. The van der Waals surface area contributed by atoms with Crippen molar-refractivity contribution in [1.82, 2.24) is 9.88 Å². The van der Waals surface area contributed by atoms with Crippen molar-refractivity contribution >= 4 is 17.5 Å². The van der Waals surface area contributed by atoms with Gasteiger partial charge in [0.15, 0.2) is 0 Å². The highest BCUT2D eigenvalue weighted by molar-refractivity contribution is 5.71. The molecule has 1 aromatic rings. The number of carbonyl (C=O) groups is 1. The third-order valence-electron chi connectivity index (χ3n) is 3.51. The molecule has 1 fully saturated rings. The van der Waals surface area contributed by atoms with Gasteiger partial charge in [0.1, 0.15) is 12.0 Å². The van der Waals surface area contributed by atoms with Crippen molar-refractivity contribution in [3.05, 3.63) is 28.4 Å². The number of rotatable bonds is 5. The van der Waals surface area contributed by atoms with E-state index < -0.39 is 4.92 Å². The zero-order chi connectivity index (χ0) is 15.9. The molecule has 1 aliphatic heterocycles. The van der Waals surface area contributed by atoms with Gasteiger partial charge in [0.25, 0.3) is 5.69 Å². The molecule has 0 N–H and O–H groups in total. The van der Waals surface area contributed by atoms with E-state index in [4.69, 9.17) is 4.74 Å². The number of ether oxygens (including phenoxy) is 1. The van der Waals surface area contributed by atoms with E-state index in [2.05, 4.69) is 14.8 Å². The zero-order valence-corrected chi connectivity index (χ0v) is 12.6. The van der Waals surface area contributed by atoms with Crippen molar-refractivity contribution in [2.24, 2.45) is 0 Å². The van der Waals surface area contributed by atoms with Crippen LogP contribution in [0, 0.1) is 10.1 Å². The van der Waals surface area contributed by atoms with Crippen molar-refractivity contribution in [1.29, 1.82) is 0 Å². The number of nitrogens with zero attached hydrogens (tertiary/aromatic N) is 4. The summed E-state index contributed by atoms with van der Waals surface area (Å²) in [7, 11) is 0. The molecule has 22 heavy (non-hydrogen) atoms. The van der Waals surface area contributed by atoms with Crippen molar-refractivity contribution < 1.29 is 14.5 Å². The second-order valence-corrected chi connectivity index (χ2v) is 5.05. The highest BCUT2D eigenvalue weighted by Crippen LogP contribution is 2.17. The Morgan fingerprint density at radius 3 is 2.82 bits per heavy atom. The summed E-state index contributed by atoms with van der Waals surface area (Å²) in [6.07, 6.45) is 2.18. The van der Waals surface area contributed by atoms with Gasteiger partial charge in [0.2, 0.25) is 0 Å². The van der Waals surface area contributed by atoms with Crippen LogP contribution in [0.15, 0.2) is 18.3 Å². The first-order chi connectivity index (χ1) is 10.6. The van der Waals surface area contributed by atoms with E-state index in [9.17, 15) is 14.9 Å².